The van der Waals surface area contributed by atoms with Crippen molar-refractivity contribution in [3.05, 3.63) is 51.4 Å². The summed E-state index contributed by atoms with van der Waals surface area (Å²) in [7, 11) is 0. The SMILES string of the molecule is C1=CC(=C2SC3=C(COCCOCCOCCOCCOC3)S2)CCC1=C1SC2=C(COCCOCCOCCOCCOC2)S1. The fourth-order valence-corrected chi connectivity index (χ4v) is 10.0. The van der Waals surface area contributed by atoms with E-state index in [-0.39, 0.29) is 0 Å². The molecular formula is C32H46O10S4. The largest absolute Gasteiger partial charge is 0.377 e. The third kappa shape index (κ3) is 13.2. The Balaban J connectivity index is 1.17. The molecule has 0 spiro atoms. The van der Waals surface area contributed by atoms with Gasteiger partial charge in [-0.3, -0.25) is 0 Å². The quantitative estimate of drug-likeness (QED) is 0.323. The maximum Gasteiger partial charge on any atom is 0.0789 e. The highest BCUT2D eigenvalue weighted by molar-refractivity contribution is 8.29. The van der Waals surface area contributed by atoms with Crippen LogP contribution in [0.25, 0.3) is 0 Å². The van der Waals surface area contributed by atoms with E-state index < -0.39 is 0 Å². The molecule has 46 heavy (non-hydrogen) atoms. The Morgan fingerprint density at radius 2 is 0.522 bits per heavy atom. The second-order valence-electron chi connectivity index (χ2n) is 10.4. The second kappa shape index (κ2) is 22.4. The molecule has 258 valence electrons. The molecule has 0 atom stereocenters. The van der Waals surface area contributed by atoms with Crippen molar-refractivity contribution in [1.29, 1.82) is 0 Å². The highest BCUT2D eigenvalue weighted by Gasteiger charge is 2.27. The number of rotatable bonds is 0. The smallest absolute Gasteiger partial charge is 0.0789 e. The Bertz CT molecular complexity index is 962. The van der Waals surface area contributed by atoms with Crippen LogP contribution in [0.5, 0.6) is 0 Å². The van der Waals surface area contributed by atoms with E-state index >= 15 is 0 Å². The zero-order valence-electron chi connectivity index (χ0n) is 26.4. The lowest BCUT2D eigenvalue weighted by molar-refractivity contribution is -0.00677. The predicted molar refractivity (Wildman–Crippen MR) is 185 cm³/mol. The first-order valence-electron chi connectivity index (χ1n) is 15.9. The summed E-state index contributed by atoms with van der Waals surface area (Å²) in [6, 6.07) is 0. The van der Waals surface area contributed by atoms with Gasteiger partial charge in [-0.05, 0) is 24.0 Å². The van der Waals surface area contributed by atoms with Gasteiger partial charge in [0.15, 0.2) is 0 Å². The van der Waals surface area contributed by atoms with E-state index in [1.54, 1.807) is 0 Å². The van der Waals surface area contributed by atoms with Crippen LogP contribution in [0.1, 0.15) is 12.8 Å². The van der Waals surface area contributed by atoms with E-state index in [9.17, 15) is 0 Å². The molecule has 4 heterocycles. The molecule has 0 bridgehead atoms. The molecule has 0 aromatic carbocycles. The lowest BCUT2D eigenvalue weighted by Crippen LogP contribution is -2.13. The van der Waals surface area contributed by atoms with Crippen molar-refractivity contribution in [3.8, 4) is 0 Å². The van der Waals surface area contributed by atoms with Gasteiger partial charge >= 0.3 is 0 Å². The number of allylic oxidation sites excluding steroid dienone is 4. The number of ether oxygens (including phenoxy) is 10. The molecule has 10 nitrogen and oxygen atoms in total. The first-order chi connectivity index (χ1) is 22.9. The minimum atomic E-state index is 0.551. The molecule has 14 heteroatoms. The highest BCUT2D eigenvalue weighted by Crippen LogP contribution is 2.54. The van der Waals surface area contributed by atoms with E-state index in [4.69, 9.17) is 47.4 Å². The third-order valence-corrected chi connectivity index (χ3v) is 12.6. The highest BCUT2D eigenvalue weighted by atomic mass is 32.2. The Kier molecular flexibility index (Phi) is 18.0. The lowest BCUT2D eigenvalue weighted by atomic mass is 10.00. The summed E-state index contributed by atoms with van der Waals surface area (Å²) in [6.07, 6.45) is 6.57. The molecule has 0 unspecified atom stereocenters. The third-order valence-electron chi connectivity index (χ3n) is 7.07. The van der Waals surface area contributed by atoms with Crippen LogP contribution in [0, 0.1) is 0 Å². The normalized spacial score (nSPS) is 25.7. The van der Waals surface area contributed by atoms with Crippen LogP contribution in [0.15, 0.2) is 51.4 Å². The summed E-state index contributed by atoms with van der Waals surface area (Å²) in [5, 5.41) is 0. The van der Waals surface area contributed by atoms with Gasteiger partial charge in [-0.25, -0.2) is 0 Å². The minimum absolute atomic E-state index is 0.551. The van der Waals surface area contributed by atoms with Gasteiger partial charge < -0.3 is 47.4 Å². The monoisotopic (exact) mass is 718 g/mol. The average molecular weight is 719 g/mol. The van der Waals surface area contributed by atoms with Crippen molar-refractivity contribution in [2.75, 3.05) is 132 Å². The van der Waals surface area contributed by atoms with Crippen molar-refractivity contribution < 1.29 is 47.4 Å². The van der Waals surface area contributed by atoms with Crippen LogP contribution >= 0.6 is 47.0 Å². The molecule has 4 aliphatic heterocycles. The van der Waals surface area contributed by atoms with Gasteiger partial charge in [-0.1, -0.05) is 59.2 Å². The molecule has 0 fully saturated rings. The summed E-state index contributed by atoms with van der Waals surface area (Å²) >= 11 is 7.28. The molecule has 5 aliphatic rings. The Labute approximate surface area is 289 Å². The lowest BCUT2D eigenvalue weighted by Gasteiger charge is -2.15. The van der Waals surface area contributed by atoms with Gasteiger partial charge in [0.1, 0.15) is 0 Å². The van der Waals surface area contributed by atoms with Crippen LogP contribution in [-0.2, 0) is 47.4 Å². The van der Waals surface area contributed by atoms with Crippen molar-refractivity contribution in [2.45, 2.75) is 12.8 Å². The Morgan fingerprint density at radius 1 is 0.304 bits per heavy atom. The maximum atomic E-state index is 5.98. The van der Waals surface area contributed by atoms with E-state index in [1.807, 2.05) is 47.0 Å². The van der Waals surface area contributed by atoms with Crippen molar-refractivity contribution in [2.24, 2.45) is 0 Å². The first kappa shape index (κ1) is 37.0. The fraction of sp³-hybridized carbons (Fsp3) is 0.688. The van der Waals surface area contributed by atoms with Crippen molar-refractivity contribution >= 4 is 47.0 Å². The molecule has 0 N–H and O–H groups in total. The van der Waals surface area contributed by atoms with E-state index in [1.165, 1.54) is 39.2 Å². The molecule has 0 radical (unpaired) electrons. The second-order valence-corrected chi connectivity index (χ2v) is 15.4. The van der Waals surface area contributed by atoms with Gasteiger partial charge in [0.05, 0.1) is 141 Å². The van der Waals surface area contributed by atoms with Crippen LogP contribution in [-0.4, -0.2) is 132 Å². The van der Waals surface area contributed by atoms with Gasteiger partial charge in [0.25, 0.3) is 0 Å². The van der Waals surface area contributed by atoms with Gasteiger partial charge in [-0.15, -0.1) is 0 Å². The first-order valence-corrected chi connectivity index (χ1v) is 19.2. The average Bonchev–Trinajstić information content (AvgIpc) is 3.68. The number of thioether (sulfide) groups is 4. The molecule has 0 saturated carbocycles. The molecule has 5 rings (SSSR count). The van der Waals surface area contributed by atoms with Gasteiger partial charge in [0.2, 0.25) is 0 Å². The van der Waals surface area contributed by atoms with Crippen molar-refractivity contribution in [3.63, 3.8) is 0 Å². The summed E-state index contributed by atoms with van der Waals surface area (Å²) in [6.45, 7) is 11.1. The molecule has 0 amide bonds. The predicted octanol–water partition coefficient (Wildman–Crippen LogP) is 5.34. The van der Waals surface area contributed by atoms with E-state index in [0.29, 0.717) is 132 Å². The van der Waals surface area contributed by atoms with Crippen LogP contribution in [0.3, 0.4) is 0 Å². The van der Waals surface area contributed by atoms with E-state index in [2.05, 4.69) is 12.2 Å². The zero-order chi connectivity index (χ0) is 31.5. The van der Waals surface area contributed by atoms with Crippen LogP contribution < -0.4 is 0 Å². The van der Waals surface area contributed by atoms with Crippen LogP contribution in [0.4, 0.5) is 0 Å². The van der Waals surface area contributed by atoms with Gasteiger partial charge in [-0.2, -0.15) is 0 Å². The van der Waals surface area contributed by atoms with E-state index in [0.717, 1.165) is 12.8 Å². The fourth-order valence-electron chi connectivity index (χ4n) is 4.61. The Morgan fingerprint density at radius 3 is 0.739 bits per heavy atom. The molecule has 0 aromatic rings. The van der Waals surface area contributed by atoms with Crippen molar-refractivity contribution in [1.82, 2.24) is 0 Å². The number of hydrogen-bond acceptors (Lipinski definition) is 14. The zero-order valence-corrected chi connectivity index (χ0v) is 29.7. The molecule has 0 saturated heterocycles. The molecular weight excluding hydrogens is 673 g/mol. The summed E-state index contributed by atoms with van der Waals surface area (Å²) in [5.74, 6) is 0. The topological polar surface area (TPSA) is 92.3 Å². The van der Waals surface area contributed by atoms with Gasteiger partial charge in [0, 0.05) is 19.6 Å². The molecule has 0 aromatic heterocycles. The molecule has 1 aliphatic carbocycles. The summed E-state index contributed by atoms with van der Waals surface area (Å²) in [4.78, 5) is 4.89. The summed E-state index contributed by atoms with van der Waals surface area (Å²) in [5.41, 5.74) is 2.74. The standard InChI is InChI=1S/C32H46O10S4/c1-2-26(32-45-29-23-41-19-15-37-11-7-34-8-12-38-16-20-42-24-30(29)46-32)4-3-25(1)31-43-27-21-39-17-13-35-9-5-33-6-10-36-14-18-40-22-28(27)44-31/h1-2H,3-24H2. The Hall–Kier alpha value is -0.300. The number of hydrogen-bond donors (Lipinski definition) is 0. The summed E-state index contributed by atoms with van der Waals surface area (Å²) < 4.78 is 60.1. The maximum absolute atomic E-state index is 5.98. The van der Waals surface area contributed by atoms with Crippen LogP contribution in [0.2, 0.25) is 0 Å². The minimum Gasteiger partial charge on any atom is -0.377 e.